The molecule has 0 unspecified atom stereocenters. The van der Waals surface area contributed by atoms with Gasteiger partial charge in [-0.15, -0.1) is 0 Å². The Morgan fingerprint density at radius 1 is 1.10 bits per heavy atom. The molecule has 2 aliphatic rings. The summed E-state index contributed by atoms with van der Waals surface area (Å²) in [5, 5.41) is 2.94. The van der Waals surface area contributed by atoms with E-state index in [2.05, 4.69) is 5.32 Å². The first kappa shape index (κ1) is 20.8. The van der Waals surface area contributed by atoms with Crippen LogP contribution < -0.4 is 5.32 Å². The van der Waals surface area contributed by atoms with Gasteiger partial charge in [-0.25, -0.2) is 4.79 Å². The van der Waals surface area contributed by atoms with Crippen molar-refractivity contribution in [1.82, 2.24) is 15.1 Å². The van der Waals surface area contributed by atoms with E-state index in [-0.39, 0.29) is 48.7 Å². The molecule has 1 aromatic rings. The highest BCUT2D eigenvalue weighted by Crippen LogP contribution is 2.22. The van der Waals surface area contributed by atoms with E-state index in [1.807, 2.05) is 13.8 Å². The number of carbonyl (C=O) groups is 4. The van der Waals surface area contributed by atoms with E-state index in [0.717, 1.165) is 4.90 Å². The second kappa shape index (κ2) is 9.07. The summed E-state index contributed by atoms with van der Waals surface area (Å²) in [6.45, 7) is 5.47. The molecule has 2 aliphatic heterocycles. The van der Waals surface area contributed by atoms with Crippen LogP contribution in [0.15, 0.2) is 24.3 Å². The molecule has 4 amide bonds. The zero-order valence-corrected chi connectivity index (χ0v) is 16.8. The maximum Gasteiger partial charge on any atom is 0.409 e. The van der Waals surface area contributed by atoms with Gasteiger partial charge < -0.3 is 15.0 Å². The summed E-state index contributed by atoms with van der Waals surface area (Å²) in [4.78, 5) is 51.7. The van der Waals surface area contributed by atoms with Crippen molar-refractivity contribution in [3.63, 3.8) is 0 Å². The Kier molecular flexibility index (Phi) is 6.51. The number of ether oxygens (including phenoxy) is 1. The average Bonchev–Trinajstić information content (AvgIpc) is 2.95. The minimum Gasteiger partial charge on any atom is -0.449 e. The van der Waals surface area contributed by atoms with Crippen LogP contribution in [0.2, 0.25) is 0 Å². The average molecular weight is 401 g/mol. The van der Waals surface area contributed by atoms with Crippen LogP contribution in [0.4, 0.5) is 4.79 Å². The number of amides is 4. The van der Waals surface area contributed by atoms with Gasteiger partial charge >= 0.3 is 6.09 Å². The van der Waals surface area contributed by atoms with Crippen molar-refractivity contribution in [2.24, 2.45) is 5.92 Å². The molecule has 0 radical (unpaired) electrons. The number of benzene rings is 1. The van der Waals surface area contributed by atoms with Gasteiger partial charge in [0.25, 0.3) is 11.8 Å². The summed E-state index contributed by atoms with van der Waals surface area (Å²) in [6.07, 6.45) is 1.04. The van der Waals surface area contributed by atoms with Crippen LogP contribution in [0.25, 0.3) is 0 Å². The summed E-state index contributed by atoms with van der Waals surface area (Å²) >= 11 is 0. The zero-order chi connectivity index (χ0) is 21.0. The van der Waals surface area contributed by atoms with Gasteiger partial charge in [0.1, 0.15) is 0 Å². The number of imide groups is 1. The van der Waals surface area contributed by atoms with Crippen LogP contribution in [0.5, 0.6) is 0 Å². The minimum absolute atomic E-state index is 0.0289. The Bertz CT molecular complexity index is 764. The predicted octanol–water partition coefficient (Wildman–Crippen LogP) is 2.05. The highest BCUT2D eigenvalue weighted by Gasteiger charge is 2.35. The smallest absolute Gasteiger partial charge is 0.409 e. The summed E-state index contributed by atoms with van der Waals surface area (Å²) in [7, 11) is 0. The molecule has 1 N–H and O–H groups in total. The van der Waals surface area contributed by atoms with Crippen molar-refractivity contribution in [3.05, 3.63) is 35.4 Å². The van der Waals surface area contributed by atoms with Gasteiger partial charge in [0, 0.05) is 32.1 Å². The first-order chi connectivity index (χ1) is 13.9. The van der Waals surface area contributed by atoms with Gasteiger partial charge in [0.05, 0.1) is 17.7 Å². The number of hydrogen-bond donors (Lipinski definition) is 1. The van der Waals surface area contributed by atoms with E-state index in [9.17, 15) is 19.2 Å². The number of likely N-dealkylation sites (tertiary alicyclic amines) is 1. The molecular weight excluding hydrogens is 374 g/mol. The van der Waals surface area contributed by atoms with Crippen molar-refractivity contribution in [2.45, 2.75) is 39.2 Å². The molecule has 156 valence electrons. The maximum atomic E-state index is 12.3. The lowest BCUT2D eigenvalue weighted by atomic mass is 10.1. The molecule has 8 nitrogen and oxygen atoms in total. The summed E-state index contributed by atoms with van der Waals surface area (Å²) in [6, 6.07) is 6.64. The van der Waals surface area contributed by atoms with E-state index in [4.69, 9.17) is 4.74 Å². The Morgan fingerprint density at radius 3 is 2.24 bits per heavy atom. The largest absolute Gasteiger partial charge is 0.449 e. The summed E-state index contributed by atoms with van der Waals surface area (Å²) in [5.41, 5.74) is 0.768. The maximum absolute atomic E-state index is 12.3. The molecule has 2 heterocycles. The van der Waals surface area contributed by atoms with E-state index >= 15 is 0 Å². The monoisotopic (exact) mass is 401 g/mol. The Labute approximate surface area is 170 Å². The second-order valence-corrected chi connectivity index (χ2v) is 7.86. The van der Waals surface area contributed by atoms with Crippen LogP contribution in [0.3, 0.4) is 0 Å². The Morgan fingerprint density at radius 2 is 1.69 bits per heavy atom. The fourth-order valence-corrected chi connectivity index (χ4v) is 3.49. The molecule has 3 rings (SSSR count). The molecule has 8 heteroatoms. The standard InChI is InChI=1S/C21H27N3O5/c1-14(2)13-29-21(28)23-10-7-15(8-11-23)22-18(25)9-12-24-19(26)16-5-3-4-6-17(16)20(24)27/h3-6,14-15H,7-13H2,1-2H3,(H,22,25). The number of rotatable bonds is 6. The van der Waals surface area contributed by atoms with Gasteiger partial charge in [-0.2, -0.15) is 0 Å². The fourth-order valence-electron chi connectivity index (χ4n) is 3.49. The molecule has 1 fully saturated rings. The summed E-state index contributed by atoms with van der Waals surface area (Å²) in [5.74, 6) is -0.626. The van der Waals surface area contributed by atoms with E-state index in [1.54, 1.807) is 29.2 Å². The molecule has 1 saturated heterocycles. The summed E-state index contributed by atoms with van der Waals surface area (Å²) < 4.78 is 5.23. The predicted molar refractivity (Wildman–Crippen MR) is 105 cm³/mol. The third-order valence-electron chi connectivity index (χ3n) is 5.10. The molecule has 1 aromatic carbocycles. The number of nitrogens with one attached hydrogen (secondary N) is 1. The lowest BCUT2D eigenvalue weighted by Gasteiger charge is -2.32. The Balaban J connectivity index is 1.41. The molecular formula is C21H27N3O5. The van der Waals surface area contributed by atoms with Crippen molar-refractivity contribution in [1.29, 1.82) is 0 Å². The van der Waals surface area contributed by atoms with Crippen LogP contribution >= 0.6 is 0 Å². The fraction of sp³-hybridized carbons (Fsp3) is 0.524. The normalized spacial score (nSPS) is 16.9. The number of fused-ring (bicyclic) bond motifs is 1. The van der Waals surface area contributed by atoms with Gasteiger partial charge in [0.2, 0.25) is 5.91 Å². The van der Waals surface area contributed by atoms with E-state index < -0.39 is 0 Å². The zero-order valence-electron chi connectivity index (χ0n) is 16.8. The van der Waals surface area contributed by atoms with Crippen LogP contribution in [-0.4, -0.2) is 65.9 Å². The minimum atomic E-state index is -0.355. The van der Waals surface area contributed by atoms with Crippen molar-refractivity contribution in [2.75, 3.05) is 26.2 Å². The number of hydrogen-bond acceptors (Lipinski definition) is 5. The molecule has 0 saturated carbocycles. The van der Waals surface area contributed by atoms with Crippen molar-refractivity contribution >= 4 is 23.8 Å². The van der Waals surface area contributed by atoms with Gasteiger partial charge in [-0.3, -0.25) is 19.3 Å². The number of piperidine rings is 1. The lowest BCUT2D eigenvalue weighted by molar-refractivity contribution is -0.122. The van der Waals surface area contributed by atoms with Crippen molar-refractivity contribution in [3.8, 4) is 0 Å². The van der Waals surface area contributed by atoms with Crippen LogP contribution in [-0.2, 0) is 9.53 Å². The van der Waals surface area contributed by atoms with Crippen LogP contribution in [0, 0.1) is 5.92 Å². The first-order valence-corrected chi connectivity index (χ1v) is 10.0. The molecule has 29 heavy (non-hydrogen) atoms. The SMILES string of the molecule is CC(C)COC(=O)N1CCC(NC(=O)CCN2C(=O)c3ccccc3C2=O)CC1. The van der Waals surface area contributed by atoms with Crippen LogP contribution in [0.1, 0.15) is 53.8 Å². The Hall–Kier alpha value is -2.90. The molecule has 0 spiro atoms. The second-order valence-electron chi connectivity index (χ2n) is 7.86. The highest BCUT2D eigenvalue weighted by molar-refractivity contribution is 6.21. The molecule has 0 bridgehead atoms. The van der Waals surface area contributed by atoms with E-state index in [0.29, 0.717) is 43.7 Å². The van der Waals surface area contributed by atoms with E-state index in [1.165, 1.54) is 0 Å². The number of nitrogens with zero attached hydrogens (tertiary/aromatic N) is 2. The highest BCUT2D eigenvalue weighted by atomic mass is 16.6. The van der Waals surface area contributed by atoms with Crippen molar-refractivity contribution < 1.29 is 23.9 Å². The van der Waals surface area contributed by atoms with Gasteiger partial charge in [0.15, 0.2) is 0 Å². The molecule has 0 atom stereocenters. The number of carbonyl (C=O) groups excluding carboxylic acids is 4. The lowest BCUT2D eigenvalue weighted by Crippen LogP contribution is -2.47. The first-order valence-electron chi connectivity index (χ1n) is 10.0. The quantitative estimate of drug-likeness (QED) is 0.736. The molecule has 0 aliphatic carbocycles. The molecule has 0 aromatic heterocycles. The third-order valence-corrected chi connectivity index (χ3v) is 5.10. The van der Waals surface area contributed by atoms with Gasteiger partial charge in [-0.05, 0) is 30.9 Å². The van der Waals surface area contributed by atoms with Gasteiger partial charge in [-0.1, -0.05) is 26.0 Å². The topological polar surface area (TPSA) is 96.0 Å². The third kappa shape index (κ3) is 4.93.